The van der Waals surface area contributed by atoms with E-state index in [9.17, 15) is 0 Å². The lowest BCUT2D eigenvalue weighted by Crippen LogP contribution is -2.01. The van der Waals surface area contributed by atoms with E-state index in [4.69, 9.17) is 27.9 Å². The fraction of sp³-hybridized carbons (Fsp3) is 0.120. The van der Waals surface area contributed by atoms with Crippen molar-refractivity contribution in [1.82, 2.24) is 9.55 Å². The second-order valence-corrected chi connectivity index (χ2v) is 9.23. The van der Waals surface area contributed by atoms with Crippen LogP contribution in [0.25, 0.3) is 21.8 Å². The number of ether oxygens (including phenoxy) is 1. The van der Waals surface area contributed by atoms with Crippen LogP contribution in [0.1, 0.15) is 5.56 Å². The lowest BCUT2D eigenvalue weighted by atomic mass is 10.1. The third kappa shape index (κ3) is 4.16. The molecule has 2 aromatic heterocycles. The van der Waals surface area contributed by atoms with Crippen molar-refractivity contribution in [2.24, 2.45) is 7.05 Å². The fourth-order valence-electron chi connectivity index (χ4n) is 3.87. The maximum absolute atomic E-state index is 6.27. The number of H-pyrrole nitrogens is 1. The zero-order valence-corrected chi connectivity index (χ0v) is 19.7. The van der Waals surface area contributed by atoms with Crippen LogP contribution in [0.4, 0.5) is 5.69 Å². The number of para-hydroxylation sites is 1. The molecule has 2 N–H and O–H groups in total. The van der Waals surface area contributed by atoms with Crippen LogP contribution in [0.15, 0.2) is 78.0 Å². The van der Waals surface area contributed by atoms with Gasteiger partial charge in [-0.05, 0) is 60.0 Å². The molecular weight excluding hydrogens is 461 g/mol. The molecule has 3 aromatic carbocycles. The van der Waals surface area contributed by atoms with E-state index in [-0.39, 0.29) is 0 Å². The number of fused-ring (bicyclic) bond motifs is 2. The molecule has 0 fully saturated rings. The average molecular weight is 482 g/mol. The van der Waals surface area contributed by atoms with Crippen molar-refractivity contribution in [2.75, 3.05) is 11.3 Å². The van der Waals surface area contributed by atoms with Gasteiger partial charge in [-0.1, -0.05) is 41.4 Å². The molecule has 0 atom stereocenters. The topological polar surface area (TPSA) is 42.0 Å². The average Bonchev–Trinajstić information content (AvgIpc) is 3.35. The first kappa shape index (κ1) is 21.1. The largest absolute Gasteiger partial charge is 0.493 e. The third-order valence-corrected chi connectivity index (χ3v) is 6.90. The Morgan fingerprint density at radius 2 is 1.81 bits per heavy atom. The van der Waals surface area contributed by atoms with Crippen molar-refractivity contribution in [3.05, 3.63) is 88.7 Å². The molecule has 162 valence electrons. The quantitative estimate of drug-likeness (QED) is 0.234. The van der Waals surface area contributed by atoms with Gasteiger partial charge in [-0.15, -0.1) is 0 Å². The van der Waals surface area contributed by atoms with Gasteiger partial charge in [0.05, 0.1) is 27.9 Å². The van der Waals surface area contributed by atoms with E-state index >= 15 is 0 Å². The smallest absolute Gasteiger partial charge is 0.119 e. The lowest BCUT2D eigenvalue weighted by Gasteiger charge is -2.09. The Hall–Kier alpha value is -2.73. The standard InChI is InChI=1S/C25H21Cl2N3OS/c1-30-15-16(19-4-2-3-5-23(19)30)12-13-31-17-6-8-18(9-7-17)32-29-22-11-10-20(26)24-21(27)14-28-25(22)24/h2-11,14-15,28-29H,12-13H2,1H3. The molecule has 0 spiro atoms. The highest BCUT2D eigenvalue weighted by atomic mass is 35.5. The molecule has 7 heteroatoms. The van der Waals surface area contributed by atoms with Gasteiger partial charge in [0.2, 0.25) is 0 Å². The first-order chi connectivity index (χ1) is 15.6. The zero-order valence-electron chi connectivity index (χ0n) is 17.4. The molecule has 0 saturated heterocycles. The molecule has 0 amide bonds. The van der Waals surface area contributed by atoms with Crippen LogP contribution >= 0.6 is 35.1 Å². The van der Waals surface area contributed by atoms with E-state index in [2.05, 4.69) is 51.8 Å². The number of aromatic nitrogens is 2. The van der Waals surface area contributed by atoms with Gasteiger partial charge >= 0.3 is 0 Å². The number of benzene rings is 3. The molecule has 0 aliphatic carbocycles. The summed E-state index contributed by atoms with van der Waals surface area (Å²) in [6.45, 7) is 0.634. The van der Waals surface area contributed by atoms with Crippen LogP contribution in [-0.2, 0) is 13.5 Å². The number of anilines is 1. The van der Waals surface area contributed by atoms with E-state index in [1.165, 1.54) is 28.4 Å². The van der Waals surface area contributed by atoms with Crippen LogP contribution < -0.4 is 9.46 Å². The van der Waals surface area contributed by atoms with Gasteiger partial charge in [0.15, 0.2) is 0 Å². The van der Waals surface area contributed by atoms with Crippen LogP contribution in [0.3, 0.4) is 0 Å². The van der Waals surface area contributed by atoms with E-state index in [0.29, 0.717) is 16.7 Å². The second-order valence-electron chi connectivity index (χ2n) is 7.54. The predicted octanol–water partition coefficient (Wildman–Crippen LogP) is 7.71. The summed E-state index contributed by atoms with van der Waals surface area (Å²) < 4.78 is 11.5. The number of nitrogens with one attached hydrogen (secondary N) is 2. The molecule has 5 rings (SSSR count). The van der Waals surface area contributed by atoms with Gasteiger partial charge in [-0.2, -0.15) is 0 Å². The number of aryl methyl sites for hydroxylation is 1. The highest BCUT2D eigenvalue weighted by Crippen LogP contribution is 2.36. The number of hydrogen-bond donors (Lipinski definition) is 2. The molecule has 0 bridgehead atoms. The first-order valence-corrected chi connectivity index (χ1v) is 11.8. The minimum absolute atomic E-state index is 0.614. The van der Waals surface area contributed by atoms with E-state index in [1.807, 2.05) is 36.4 Å². The Morgan fingerprint density at radius 1 is 1.00 bits per heavy atom. The van der Waals surface area contributed by atoms with Crippen molar-refractivity contribution in [3.63, 3.8) is 0 Å². The predicted molar refractivity (Wildman–Crippen MR) is 136 cm³/mol. The Kier molecular flexibility index (Phi) is 5.96. The molecule has 32 heavy (non-hydrogen) atoms. The van der Waals surface area contributed by atoms with Crippen LogP contribution in [0.2, 0.25) is 10.0 Å². The number of hydrogen-bond acceptors (Lipinski definition) is 3. The number of aromatic amines is 1. The maximum Gasteiger partial charge on any atom is 0.119 e. The van der Waals surface area contributed by atoms with Crippen molar-refractivity contribution >= 4 is 62.6 Å². The number of rotatable bonds is 7. The summed E-state index contributed by atoms with van der Waals surface area (Å²) >= 11 is 14.0. The highest BCUT2D eigenvalue weighted by molar-refractivity contribution is 8.00. The number of nitrogens with zero attached hydrogens (tertiary/aromatic N) is 1. The van der Waals surface area contributed by atoms with Crippen molar-refractivity contribution in [3.8, 4) is 5.75 Å². The van der Waals surface area contributed by atoms with Crippen LogP contribution in [0, 0.1) is 0 Å². The molecule has 0 radical (unpaired) electrons. The summed E-state index contributed by atoms with van der Waals surface area (Å²) in [5.41, 5.74) is 4.37. The summed E-state index contributed by atoms with van der Waals surface area (Å²) in [6.07, 6.45) is 4.80. The minimum atomic E-state index is 0.614. The molecule has 4 nitrogen and oxygen atoms in total. The fourth-order valence-corrected chi connectivity index (χ4v) is 5.10. The van der Waals surface area contributed by atoms with Gasteiger partial charge < -0.3 is 19.0 Å². The monoisotopic (exact) mass is 481 g/mol. The van der Waals surface area contributed by atoms with Crippen molar-refractivity contribution in [1.29, 1.82) is 0 Å². The Labute approximate surface area is 200 Å². The lowest BCUT2D eigenvalue weighted by molar-refractivity contribution is 0.322. The SMILES string of the molecule is Cn1cc(CCOc2ccc(SNc3ccc(Cl)c4c(Cl)c[nH]c34)cc2)c2ccccc21. The first-order valence-electron chi connectivity index (χ1n) is 10.2. The molecule has 0 saturated carbocycles. The summed E-state index contributed by atoms with van der Waals surface area (Å²) in [5.74, 6) is 0.861. The summed E-state index contributed by atoms with van der Waals surface area (Å²) in [5, 5.41) is 3.36. The summed E-state index contributed by atoms with van der Waals surface area (Å²) in [6, 6.07) is 20.3. The molecule has 0 aliphatic heterocycles. The van der Waals surface area contributed by atoms with Gasteiger partial charge in [0.1, 0.15) is 5.75 Å². The normalized spacial score (nSPS) is 11.3. The van der Waals surface area contributed by atoms with Crippen LogP contribution in [-0.4, -0.2) is 16.2 Å². The molecule has 2 heterocycles. The Morgan fingerprint density at radius 3 is 2.66 bits per heavy atom. The van der Waals surface area contributed by atoms with Crippen molar-refractivity contribution in [2.45, 2.75) is 11.3 Å². The highest BCUT2D eigenvalue weighted by Gasteiger charge is 2.10. The van der Waals surface area contributed by atoms with Gasteiger partial charge in [0.25, 0.3) is 0 Å². The third-order valence-electron chi connectivity index (χ3n) is 5.46. The molecule has 0 unspecified atom stereocenters. The molecular formula is C25H21Cl2N3OS. The Bertz CT molecular complexity index is 1390. The molecule has 0 aliphatic rings. The molecule has 5 aromatic rings. The number of halogens is 2. The van der Waals surface area contributed by atoms with Crippen molar-refractivity contribution < 1.29 is 4.74 Å². The maximum atomic E-state index is 6.27. The van der Waals surface area contributed by atoms with Gasteiger partial charge in [-0.3, -0.25) is 0 Å². The minimum Gasteiger partial charge on any atom is -0.493 e. The van der Waals surface area contributed by atoms with Gasteiger partial charge in [-0.25, -0.2) is 0 Å². The van der Waals surface area contributed by atoms with E-state index < -0.39 is 0 Å². The van der Waals surface area contributed by atoms with Gasteiger partial charge in [0, 0.05) is 47.0 Å². The Balaban J connectivity index is 1.19. The van der Waals surface area contributed by atoms with E-state index in [1.54, 1.807) is 6.20 Å². The summed E-state index contributed by atoms with van der Waals surface area (Å²) in [4.78, 5) is 4.25. The second kappa shape index (κ2) is 9.02. The summed E-state index contributed by atoms with van der Waals surface area (Å²) in [7, 11) is 2.08. The van der Waals surface area contributed by atoms with Crippen LogP contribution in [0.5, 0.6) is 5.75 Å². The van der Waals surface area contributed by atoms with E-state index in [0.717, 1.165) is 33.7 Å². The zero-order chi connectivity index (χ0) is 22.1.